The van der Waals surface area contributed by atoms with Crippen molar-refractivity contribution < 1.29 is 14.3 Å². The highest BCUT2D eigenvalue weighted by Gasteiger charge is 2.51. The number of ether oxygens (including phenoxy) is 1. The van der Waals surface area contributed by atoms with Crippen molar-refractivity contribution in [3.63, 3.8) is 0 Å². The second-order valence-corrected chi connectivity index (χ2v) is 7.00. The van der Waals surface area contributed by atoms with E-state index in [4.69, 9.17) is 16.3 Å². The molecule has 7 heteroatoms. The Balaban J connectivity index is 1.69. The lowest BCUT2D eigenvalue weighted by Gasteiger charge is -2.29. The molecule has 4 atom stereocenters. The fourth-order valence-electron chi connectivity index (χ4n) is 4.17. The van der Waals surface area contributed by atoms with Gasteiger partial charge in [-0.1, -0.05) is 11.6 Å². The second-order valence-electron chi connectivity index (χ2n) is 6.62. The van der Waals surface area contributed by atoms with Crippen molar-refractivity contribution in [1.82, 2.24) is 15.1 Å². The number of carbonyl (C=O) groups excluding carboxylic acids is 2. The summed E-state index contributed by atoms with van der Waals surface area (Å²) in [5, 5.41) is 7.90. The van der Waals surface area contributed by atoms with E-state index < -0.39 is 0 Å². The molecule has 0 saturated heterocycles. The Kier molecular flexibility index (Phi) is 4.36. The van der Waals surface area contributed by atoms with E-state index in [0.717, 1.165) is 25.0 Å². The molecule has 1 N–H and O–H groups in total. The molecule has 0 spiro atoms. The summed E-state index contributed by atoms with van der Waals surface area (Å²) in [5.74, 6) is 0.139. The average molecular weight is 340 g/mol. The van der Waals surface area contributed by atoms with Crippen molar-refractivity contribution in [2.75, 3.05) is 7.11 Å². The SMILES string of the molecule is COC(=O)[C@H]1[C@H]2CC[C@@H](C2)[C@@H]1NC(=O)Cn1nc(C)c(Cl)c1C. The van der Waals surface area contributed by atoms with Crippen LogP contribution in [0.15, 0.2) is 0 Å². The summed E-state index contributed by atoms with van der Waals surface area (Å²) in [6.45, 7) is 3.76. The van der Waals surface area contributed by atoms with Crippen LogP contribution >= 0.6 is 11.6 Å². The largest absolute Gasteiger partial charge is 0.469 e. The Morgan fingerprint density at radius 2 is 2.04 bits per heavy atom. The molecule has 1 aromatic rings. The van der Waals surface area contributed by atoms with Crippen molar-refractivity contribution in [3.8, 4) is 0 Å². The van der Waals surface area contributed by atoms with Gasteiger partial charge >= 0.3 is 5.97 Å². The number of aromatic nitrogens is 2. The lowest BCUT2D eigenvalue weighted by Crippen LogP contribution is -2.48. The molecule has 0 unspecified atom stereocenters. The minimum atomic E-state index is -0.216. The summed E-state index contributed by atoms with van der Waals surface area (Å²) in [6, 6.07) is -0.124. The van der Waals surface area contributed by atoms with Gasteiger partial charge in [-0.15, -0.1) is 0 Å². The van der Waals surface area contributed by atoms with Gasteiger partial charge in [-0.3, -0.25) is 14.3 Å². The summed E-state index contributed by atoms with van der Waals surface area (Å²) in [6.07, 6.45) is 3.11. The van der Waals surface area contributed by atoms with E-state index in [0.29, 0.717) is 22.6 Å². The van der Waals surface area contributed by atoms with Crippen LogP contribution in [0.4, 0.5) is 0 Å². The summed E-state index contributed by atoms with van der Waals surface area (Å²) in [4.78, 5) is 24.5. The van der Waals surface area contributed by atoms with Gasteiger partial charge in [-0.25, -0.2) is 0 Å². The molecule has 0 aliphatic heterocycles. The maximum Gasteiger partial charge on any atom is 0.311 e. The highest BCUT2D eigenvalue weighted by Crippen LogP contribution is 2.48. The molecular weight excluding hydrogens is 318 g/mol. The van der Waals surface area contributed by atoms with E-state index in [1.165, 1.54) is 7.11 Å². The van der Waals surface area contributed by atoms with Gasteiger partial charge < -0.3 is 10.1 Å². The maximum absolute atomic E-state index is 12.4. The number of amides is 1. The molecule has 1 heterocycles. The van der Waals surface area contributed by atoms with Crippen LogP contribution in [0.1, 0.15) is 30.7 Å². The number of carbonyl (C=O) groups is 2. The summed E-state index contributed by atoms with van der Waals surface area (Å²) in [7, 11) is 1.41. The van der Waals surface area contributed by atoms with Crippen molar-refractivity contribution in [2.24, 2.45) is 17.8 Å². The third-order valence-corrected chi connectivity index (χ3v) is 5.85. The van der Waals surface area contributed by atoms with E-state index in [1.54, 1.807) is 4.68 Å². The highest BCUT2D eigenvalue weighted by atomic mass is 35.5. The number of nitrogens with one attached hydrogen (secondary N) is 1. The van der Waals surface area contributed by atoms with Gasteiger partial charge in [0.15, 0.2) is 0 Å². The normalized spacial score (nSPS) is 28.9. The quantitative estimate of drug-likeness (QED) is 0.850. The van der Waals surface area contributed by atoms with Crippen LogP contribution in [0.25, 0.3) is 0 Å². The molecule has 2 saturated carbocycles. The third kappa shape index (κ3) is 2.84. The zero-order chi connectivity index (χ0) is 16.7. The molecule has 3 rings (SSSR count). The zero-order valence-corrected chi connectivity index (χ0v) is 14.4. The predicted octanol–water partition coefficient (Wildman–Crippen LogP) is 1.86. The Hall–Kier alpha value is -1.56. The molecule has 1 amide bonds. The van der Waals surface area contributed by atoms with E-state index in [1.807, 2.05) is 13.8 Å². The second kappa shape index (κ2) is 6.15. The van der Waals surface area contributed by atoms with Crippen LogP contribution in [0.5, 0.6) is 0 Å². The molecule has 2 bridgehead atoms. The van der Waals surface area contributed by atoms with E-state index in [2.05, 4.69) is 10.4 Å². The number of aryl methyl sites for hydroxylation is 1. The first-order valence-corrected chi connectivity index (χ1v) is 8.36. The minimum absolute atomic E-state index is 0.112. The number of rotatable bonds is 4. The highest BCUT2D eigenvalue weighted by molar-refractivity contribution is 6.31. The first-order valence-electron chi connectivity index (χ1n) is 7.99. The fourth-order valence-corrected chi connectivity index (χ4v) is 4.31. The number of hydrogen-bond acceptors (Lipinski definition) is 4. The predicted molar refractivity (Wildman–Crippen MR) is 85.0 cm³/mol. The number of fused-ring (bicyclic) bond motifs is 2. The lowest BCUT2D eigenvalue weighted by molar-refractivity contribution is -0.148. The van der Waals surface area contributed by atoms with Gasteiger partial charge in [-0.2, -0.15) is 5.10 Å². The van der Waals surface area contributed by atoms with Crippen molar-refractivity contribution >= 4 is 23.5 Å². The van der Waals surface area contributed by atoms with Gasteiger partial charge in [0.2, 0.25) is 5.91 Å². The molecular formula is C16H22ClN3O3. The van der Waals surface area contributed by atoms with Gasteiger partial charge in [-0.05, 0) is 44.9 Å². The van der Waals surface area contributed by atoms with Crippen LogP contribution in [0, 0.1) is 31.6 Å². The number of hydrogen-bond donors (Lipinski definition) is 1. The number of esters is 1. The molecule has 126 valence electrons. The number of halogens is 1. The Morgan fingerprint density at radius 3 is 2.65 bits per heavy atom. The minimum Gasteiger partial charge on any atom is -0.469 e. The smallest absolute Gasteiger partial charge is 0.311 e. The fraction of sp³-hybridized carbons (Fsp3) is 0.688. The van der Waals surface area contributed by atoms with E-state index >= 15 is 0 Å². The molecule has 0 aromatic carbocycles. The van der Waals surface area contributed by atoms with Gasteiger partial charge in [0.05, 0.1) is 29.4 Å². The molecule has 2 aliphatic carbocycles. The lowest BCUT2D eigenvalue weighted by atomic mass is 9.84. The zero-order valence-electron chi connectivity index (χ0n) is 13.6. The molecule has 23 heavy (non-hydrogen) atoms. The summed E-state index contributed by atoms with van der Waals surface area (Å²) >= 11 is 6.11. The van der Waals surface area contributed by atoms with Crippen molar-refractivity contribution in [1.29, 1.82) is 0 Å². The summed E-state index contributed by atoms with van der Waals surface area (Å²) in [5.41, 5.74) is 1.49. The van der Waals surface area contributed by atoms with Crippen LogP contribution in [0.3, 0.4) is 0 Å². The first kappa shape index (κ1) is 16.3. The van der Waals surface area contributed by atoms with Crippen LogP contribution in [-0.2, 0) is 20.9 Å². The van der Waals surface area contributed by atoms with Crippen LogP contribution < -0.4 is 5.32 Å². The van der Waals surface area contributed by atoms with E-state index in [-0.39, 0.29) is 30.4 Å². The van der Waals surface area contributed by atoms with Crippen LogP contribution in [-0.4, -0.2) is 34.8 Å². The van der Waals surface area contributed by atoms with Gasteiger partial charge in [0.1, 0.15) is 6.54 Å². The van der Waals surface area contributed by atoms with E-state index in [9.17, 15) is 9.59 Å². The maximum atomic E-state index is 12.4. The average Bonchev–Trinajstić information content (AvgIpc) is 3.18. The first-order chi connectivity index (χ1) is 10.9. The monoisotopic (exact) mass is 339 g/mol. The molecule has 0 radical (unpaired) electrons. The third-order valence-electron chi connectivity index (χ3n) is 5.30. The van der Waals surface area contributed by atoms with Gasteiger partial charge in [0.25, 0.3) is 0 Å². The molecule has 1 aromatic heterocycles. The summed E-state index contributed by atoms with van der Waals surface area (Å²) < 4.78 is 6.53. The Bertz CT molecular complexity index is 643. The van der Waals surface area contributed by atoms with Gasteiger partial charge in [0, 0.05) is 6.04 Å². The molecule has 2 aliphatic rings. The Morgan fingerprint density at radius 1 is 1.35 bits per heavy atom. The van der Waals surface area contributed by atoms with Crippen molar-refractivity contribution in [2.45, 2.75) is 45.7 Å². The van der Waals surface area contributed by atoms with Crippen LogP contribution in [0.2, 0.25) is 5.02 Å². The molecule has 6 nitrogen and oxygen atoms in total. The Labute approximate surface area is 140 Å². The standard InChI is InChI=1S/C16H22ClN3O3/c1-8-14(17)9(2)20(19-8)7-12(21)18-15-11-5-4-10(6-11)13(15)16(22)23-3/h10-11,13,15H,4-7H2,1-3H3,(H,18,21)/t10-,11-,13-,15-/m0/s1. The topological polar surface area (TPSA) is 73.2 Å². The van der Waals surface area contributed by atoms with Crippen molar-refractivity contribution in [3.05, 3.63) is 16.4 Å². The molecule has 2 fully saturated rings. The number of methoxy groups -OCH3 is 1. The number of nitrogens with zero attached hydrogens (tertiary/aromatic N) is 2.